The Morgan fingerprint density at radius 3 is 2.53 bits per heavy atom. The van der Waals surface area contributed by atoms with Crippen LogP contribution in [0.4, 0.5) is 0 Å². The molecule has 0 aliphatic rings. The fourth-order valence-corrected chi connectivity index (χ4v) is 1.71. The largest absolute Gasteiger partial charge is 0.496 e. The zero-order valence-electron chi connectivity index (χ0n) is 9.12. The number of nitrogens with two attached hydrogens (primary N) is 1. The molecule has 0 radical (unpaired) electrons. The fraction of sp³-hybridized carbons (Fsp3) is 0.455. The second-order valence-electron chi connectivity index (χ2n) is 4.02. The monoisotopic (exact) mass is 273 g/mol. The minimum atomic E-state index is -0.978. The van der Waals surface area contributed by atoms with Crippen LogP contribution in [0.3, 0.4) is 0 Å². The predicted octanol–water partition coefficient (Wildman–Crippen LogP) is 2.23. The molecule has 1 rings (SSSR count). The van der Waals surface area contributed by atoms with Crippen molar-refractivity contribution in [3.8, 4) is 5.75 Å². The van der Waals surface area contributed by atoms with Crippen molar-refractivity contribution < 1.29 is 9.84 Å². The van der Waals surface area contributed by atoms with Gasteiger partial charge in [-0.1, -0.05) is 15.9 Å². The van der Waals surface area contributed by atoms with Crippen molar-refractivity contribution in [1.82, 2.24) is 0 Å². The van der Waals surface area contributed by atoms with Crippen molar-refractivity contribution in [2.75, 3.05) is 7.11 Å². The van der Waals surface area contributed by atoms with Crippen LogP contribution in [0, 0.1) is 0 Å². The Kier molecular flexibility index (Phi) is 3.76. The van der Waals surface area contributed by atoms with Gasteiger partial charge in [0.15, 0.2) is 0 Å². The molecule has 1 unspecified atom stereocenters. The van der Waals surface area contributed by atoms with E-state index < -0.39 is 11.6 Å². The molecule has 1 aromatic rings. The van der Waals surface area contributed by atoms with Crippen LogP contribution < -0.4 is 10.5 Å². The lowest BCUT2D eigenvalue weighted by Gasteiger charge is -2.27. The quantitative estimate of drug-likeness (QED) is 0.888. The van der Waals surface area contributed by atoms with E-state index in [2.05, 4.69) is 15.9 Å². The highest BCUT2D eigenvalue weighted by atomic mass is 79.9. The van der Waals surface area contributed by atoms with Gasteiger partial charge in [-0.05, 0) is 32.0 Å². The number of halogens is 1. The maximum Gasteiger partial charge on any atom is 0.123 e. The molecule has 0 amide bonds. The average molecular weight is 274 g/mol. The van der Waals surface area contributed by atoms with Crippen LogP contribution in [0.25, 0.3) is 0 Å². The van der Waals surface area contributed by atoms with E-state index >= 15 is 0 Å². The number of ether oxygens (including phenoxy) is 1. The van der Waals surface area contributed by atoms with Crippen molar-refractivity contribution >= 4 is 15.9 Å². The van der Waals surface area contributed by atoms with Crippen LogP contribution in [-0.2, 0) is 0 Å². The Labute approximate surface area is 98.4 Å². The van der Waals surface area contributed by atoms with Crippen LogP contribution >= 0.6 is 15.9 Å². The van der Waals surface area contributed by atoms with Gasteiger partial charge in [0.1, 0.15) is 5.75 Å². The molecule has 1 atom stereocenters. The first-order chi connectivity index (χ1) is 6.86. The Hall–Kier alpha value is -0.580. The molecule has 3 nitrogen and oxygen atoms in total. The topological polar surface area (TPSA) is 55.5 Å². The van der Waals surface area contributed by atoms with Crippen molar-refractivity contribution in [2.24, 2.45) is 5.73 Å². The van der Waals surface area contributed by atoms with Gasteiger partial charge in [0.2, 0.25) is 0 Å². The molecule has 84 valence electrons. The lowest BCUT2D eigenvalue weighted by atomic mass is 9.92. The molecule has 0 aliphatic carbocycles. The van der Waals surface area contributed by atoms with E-state index in [-0.39, 0.29) is 0 Å². The Morgan fingerprint density at radius 1 is 1.47 bits per heavy atom. The summed E-state index contributed by atoms with van der Waals surface area (Å²) in [6.07, 6.45) is 0. The van der Waals surface area contributed by atoms with E-state index in [1.165, 1.54) is 0 Å². The highest BCUT2D eigenvalue weighted by molar-refractivity contribution is 9.10. The van der Waals surface area contributed by atoms with E-state index in [0.29, 0.717) is 5.75 Å². The van der Waals surface area contributed by atoms with Crippen molar-refractivity contribution in [3.63, 3.8) is 0 Å². The van der Waals surface area contributed by atoms with Crippen molar-refractivity contribution in [2.45, 2.75) is 25.5 Å². The average Bonchev–Trinajstić information content (AvgIpc) is 2.15. The third kappa shape index (κ3) is 2.93. The third-order valence-electron chi connectivity index (χ3n) is 2.29. The second-order valence-corrected chi connectivity index (χ2v) is 4.93. The van der Waals surface area contributed by atoms with Gasteiger partial charge >= 0.3 is 0 Å². The van der Waals surface area contributed by atoms with E-state index in [0.717, 1.165) is 10.0 Å². The van der Waals surface area contributed by atoms with Gasteiger partial charge in [0.05, 0.1) is 18.8 Å². The fourth-order valence-electron chi connectivity index (χ4n) is 1.33. The highest BCUT2D eigenvalue weighted by Crippen LogP contribution is 2.32. The third-order valence-corrected chi connectivity index (χ3v) is 2.78. The summed E-state index contributed by atoms with van der Waals surface area (Å²) in [6.45, 7) is 3.36. The SMILES string of the molecule is COc1ccc(Br)cc1C(N)C(C)(C)O. The van der Waals surface area contributed by atoms with Crippen LogP contribution in [0.5, 0.6) is 5.75 Å². The molecule has 15 heavy (non-hydrogen) atoms. The smallest absolute Gasteiger partial charge is 0.123 e. The molecule has 4 heteroatoms. The number of benzene rings is 1. The van der Waals surface area contributed by atoms with Crippen molar-refractivity contribution in [1.29, 1.82) is 0 Å². The summed E-state index contributed by atoms with van der Waals surface area (Å²) in [5, 5.41) is 9.85. The molecule has 0 aliphatic heterocycles. The summed E-state index contributed by atoms with van der Waals surface area (Å²) >= 11 is 3.37. The van der Waals surface area contributed by atoms with E-state index in [9.17, 15) is 5.11 Å². The normalized spacial score (nSPS) is 13.7. The molecule has 0 fully saturated rings. The van der Waals surface area contributed by atoms with E-state index in [4.69, 9.17) is 10.5 Å². The lowest BCUT2D eigenvalue weighted by molar-refractivity contribution is 0.0508. The molecule has 0 spiro atoms. The predicted molar refractivity (Wildman–Crippen MR) is 63.9 cm³/mol. The molecule has 1 aromatic carbocycles. The number of hydrogen-bond acceptors (Lipinski definition) is 3. The Balaban J connectivity index is 3.17. The van der Waals surface area contributed by atoms with Crippen LogP contribution in [0.15, 0.2) is 22.7 Å². The molecular weight excluding hydrogens is 258 g/mol. The summed E-state index contributed by atoms with van der Waals surface area (Å²) < 4.78 is 6.12. The molecule has 0 saturated carbocycles. The number of hydrogen-bond donors (Lipinski definition) is 2. The molecule has 3 N–H and O–H groups in total. The first kappa shape index (κ1) is 12.5. The lowest BCUT2D eigenvalue weighted by Crippen LogP contribution is -2.35. The molecule has 0 bridgehead atoms. The van der Waals surface area contributed by atoms with Gasteiger partial charge in [-0.2, -0.15) is 0 Å². The van der Waals surface area contributed by atoms with E-state index in [1.54, 1.807) is 21.0 Å². The summed E-state index contributed by atoms with van der Waals surface area (Å²) in [5.74, 6) is 0.688. The molecule has 0 aromatic heterocycles. The Bertz CT molecular complexity index is 347. The minimum absolute atomic E-state index is 0.482. The van der Waals surface area contributed by atoms with Gasteiger partial charge in [-0.3, -0.25) is 0 Å². The van der Waals surface area contributed by atoms with Crippen LogP contribution in [0.1, 0.15) is 25.5 Å². The highest BCUT2D eigenvalue weighted by Gasteiger charge is 2.27. The Morgan fingerprint density at radius 2 is 2.07 bits per heavy atom. The number of rotatable bonds is 3. The van der Waals surface area contributed by atoms with Crippen molar-refractivity contribution in [3.05, 3.63) is 28.2 Å². The standard InChI is InChI=1S/C11H16BrNO2/c1-11(2,14)10(13)8-6-7(12)4-5-9(8)15-3/h4-6,10,14H,13H2,1-3H3. The summed E-state index contributed by atoms with van der Waals surface area (Å²) in [7, 11) is 1.59. The zero-order valence-corrected chi connectivity index (χ0v) is 10.7. The second kappa shape index (κ2) is 4.51. The number of aliphatic hydroxyl groups is 1. The zero-order chi connectivity index (χ0) is 11.6. The van der Waals surface area contributed by atoms with Gasteiger partial charge in [-0.15, -0.1) is 0 Å². The maximum atomic E-state index is 9.85. The molecular formula is C11H16BrNO2. The summed E-state index contributed by atoms with van der Waals surface area (Å²) in [5.41, 5.74) is 5.78. The summed E-state index contributed by atoms with van der Waals surface area (Å²) in [6, 6.07) is 5.08. The van der Waals surface area contributed by atoms with Crippen LogP contribution in [0.2, 0.25) is 0 Å². The van der Waals surface area contributed by atoms with E-state index in [1.807, 2.05) is 18.2 Å². The van der Waals surface area contributed by atoms with Gasteiger partial charge in [0, 0.05) is 10.0 Å². The first-order valence-corrected chi connectivity index (χ1v) is 5.47. The minimum Gasteiger partial charge on any atom is -0.496 e. The van der Waals surface area contributed by atoms with Gasteiger partial charge < -0.3 is 15.6 Å². The molecule has 0 heterocycles. The number of methoxy groups -OCH3 is 1. The first-order valence-electron chi connectivity index (χ1n) is 4.67. The maximum absolute atomic E-state index is 9.85. The van der Waals surface area contributed by atoms with Crippen LogP contribution in [-0.4, -0.2) is 17.8 Å². The summed E-state index contributed by atoms with van der Waals surface area (Å²) in [4.78, 5) is 0. The molecule has 0 saturated heterocycles. The van der Waals surface area contributed by atoms with Gasteiger partial charge in [0.25, 0.3) is 0 Å². The van der Waals surface area contributed by atoms with Gasteiger partial charge in [-0.25, -0.2) is 0 Å².